The second-order valence-electron chi connectivity index (χ2n) is 3.84. The van der Waals surface area contributed by atoms with E-state index in [1.807, 2.05) is 6.92 Å². The van der Waals surface area contributed by atoms with Gasteiger partial charge in [-0.2, -0.15) is 0 Å². The Morgan fingerprint density at radius 1 is 1.50 bits per heavy atom. The summed E-state index contributed by atoms with van der Waals surface area (Å²) >= 11 is 0. The van der Waals surface area contributed by atoms with Gasteiger partial charge in [0.1, 0.15) is 5.82 Å². The van der Waals surface area contributed by atoms with Crippen molar-refractivity contribution in [1.29, 1.82) is 0 Å². The molecular formula is C13H19FN2O2. The van der Waals surface area contributed by atoms with Gasteiger partial charge < -0.3 is 15.0 Å². The van der Waals surface area contributed by atoms with Gasteiger partial charge in [0.25, 0.3) is 5.91 Å². The number of para-hydroxylation sites is 1. The largest absolute Gasteiger partial charge is 0.385 e. The number of anilines is 1. The zero-order valence-corrected chi connectivity index (χ0v) is 11.0. The first-order valence-electron chi connectivity index (χ1n) is 5.91. The van der Waals surface area contributed by atoms with E-state index in [-0.39, 0.29) is 11.6 Å². The highest BCUT2D eigenvalue weighted by Crippen LogP contribution is 2.20. The van der Waals surface area contributed by atoms with Crippen molar-refractivity contribution >= 4 is 11.6 Å². The van der Waals surface area contributed by atoms with Gasteiger partial charge in [-0.15, -0.1) is 0 Å². The number of nitrogens with one attached hydrogen (secondary N) is 1. The van der Waals surface area contributed by atoms with E-state index in [2.05, 4.69) is 5.32 Å². The SMILES string of the molecule is CCOCCN(C)C(=O)c1cccc(F)c1NC. The molecular weight excluding hydrogens is 235 g/mol. The number of nitrogens with zero attached hydrogens (tertiary/aromatic N) is 1. The molecule has 0 atom stereocenters. The fourth-order valence-corrected chi connectivity index (χ4v) is 1.61. The third kappa shape index (κ3) is 3.43. The molecule has 0 aliphatic heterocycles. The summed E-state index contributed by atoms with van der Waals surface area (Å²) in [7, 11) is 3.26. The first-order valence-corrected chi connectivity index (χ1v) is 5.91. The summed E-state index contributed by atoms with van der Waals surface area (Å²) in [6.07, 6.45) is 0. The van der Waals surface area contributed by atoms with Gasteiger partial charge in [-0.25, -0.2) is 4.39 Å². The lowest BCUT2D eigenvalue weighted by Gasteiger charge is -2.19. The van der Waals surface area contributed by atoms with E-state index < -0.39 is 5.82 Å². The summed E-state index contributed by atoms with van der Waals surface area (Å²) in [5.41, 5.74) is 0.558. The molecule has 0 heterocycles. The van der Waals surface area contributed by atoms with Crippen LogP contribution in [0, 0.1) is 5.82 Å². The fourth-order valence-electron chi connectivity index (χ4n) is 1.61. The lowest BCUT2D eigenvalue weighted by Crippen LogP contribution is -2.30. The van der Waals surface area contributed by atoms with Crippen LogP contribution in [0.4, 0.5) is 10.1 Å². The summed E-state index contributed by atoms with van der Waals surface area (Å²) < 4.78 is 18.7. The van der Waals surface area contributed by atoms with Crippen LogP contribution in [0.3, 0.4) is 0 Å². The van der Waals surface area contributed by atoms with Gasteiger partial charge >= 0.3 is 0 Å². The Hall–Kier alpha value is -1.62. The van der Waals surface area contributed by atoms with Crippen molar-refractivity contribution < 1.29 is 13.9 Å². The predicted molar refractivity (Wildman–Crippen MR) is 69.4 cm³/mol. The third-order valence-electron chi connectivity index (χ3n) is 2.62. The number of amides is 1. The van der Waals surface area contributed by atoms with Crippen molar-refractivity contribution in [3.05, 3.63) is 29.6 Å². The summed E-state index contributed by atoms with van der Waals surface area (Å²) in [5, 5.41) is 2.71. The van der Waals surface area contributed by atoms with Gasteiger partial charge in [-0.3, -0.25) is 4.79 Å². The predicted octanol–water partition coefficient (Wildman–Crippen LogP) is 1.98. The standard InChI is InChI=1S/C13H19FN2O2/c1-4-18-9-8-16(3)13(17)10-6-5-7-11(14)12(10)15-2/h5-7,15H,4,8-9H2,1-3H3. The summed E-state index contributed by atoms with van der Waals surface area (Å²) in [5.74, 6) is -0.653. The number of carbonyl (C=O) groups excluding carboxylic acids is 1. The van der Waals surface area contributed by atoms with Crippen LogP contribution in [0.15, 0.2) is 18.2 Å². The van der Waals surface area contributed by atoms with Crippen molar-refractivity contribution in [1.82, 2.24) is 4.90 Å². The molecule has 1 aromatic rings. The molecule has 0 fully saturated rings. The highest BCUT2D eigenvalue weighted by molar-refractivity contribution is 5.99. The van der Waals surface area contributed by atoms with Crippen LogP contribution in [-0.4, -0.2) is 44.7 Å². The molecule has 0 aliphatic rings. The van der Waals surface area contributed by atoms with E-state index in [4.69, 9.17) is 4.74 Å². The molecule has 1 rings (SSSR count). The maximum Gasteiger partial charge on any atom is 0.255 e. The third-order valence-corrected chi connectivity index (χ3v) is 2.62. The Morgan fingerprint density at radius 2 is 2.22 bits per heavy atom. The molecule has 0 saturated heterocycles. The van der Waals surface area contributed by atoms with Crippen molar-refractivity contribution in [2.24, 2.45) is 0 Å². The lowest BCUT2D eigenvalue weighted by atomic mass is 10.1. The van der Waals surface area contributed by atoms with Crippen LogP contribution in [0.25, 0.3) is 0 Å². The van der Waals surface area contributed by atoms with Crippen molar-refractivity contribution in [3.8, 4) is 0 Å². The van der Waals surface area contributed by atoms with Crippen molar-refractivity contribution in [2.75, 3.05) is 39.2 Å². The number of ether oxygens (including phenoxy) is 1. The van der Waals surface area contributed by atoms with Crippen LogP contribution >= 0.6 is 0 Å². The number of benzene rings is 1. The van der Waals surface area contributed by atoms with E-state index in [0.29, 0.717) is 25.3 Å². The Bertz CT molecular complexity index is 410. The van der Waals surface area contributed by atoms with Crippen molar-refractivity contribution in [3.63, 3.8) is 0 Å². The van der Waals surface area contributed by atoms with Gasteiger partial charge in [0, 0.05) is 27.2 Å². The molecule has 0 aromatic heterocycles. The summed E-state index contributed by atoms with van der Waals surface area (Å²) in [6, 6.07) is 4.46. The number of hydrogen-bond acceptors (Lipinski definition) is 3. The second kappa shape index (κ2) is 6.96. The van der Waals surface area contributed by atoms with E-state index in [1.165, 1.54) is 17.0 Å². The number of hydrogen-bond donors (Lipinski definition) is 1. The maximum absolute atomic E-state index is 13.5. The number of carbonyl (C=O) groups is 1. The molecule has 1 amide bonds. The van der Waals surface area contributed by atoms with E-state index in [0.717, 1.165) is 0 Å². The average Bonchev–Trinajstić information content (AvgIpc) is 2.37. The zero-order chi connectivity index (χ0) is 13.5. The van der Waals surface area contributed by atoms with E-state index in [1.54, 1.807) is 20.2 Å². The second-order valence-corrected chi connectivity index (χ2v) is 3.84. The van der Waals surface area contributed by atoms with Crippen LogP contribution in [-0.2, 0) is 4.74 Å². The zero-order valence-electron chi connectivity index (χ0n) is 11.0. The minimum atomic E-state index is -0.429. The smallest absolute Gasteiger partial charge is 0.255 e. The normalized spacial score (nSPS) is 10.2. The first kappa shape index (κ1) is 14.4. The molecule has 1 N–H and O–H groups in total. The summed E-state index contributed by atoms with van der Waals surface area (Å²) in [4.78, 5) is 13.7. The molecule has 0 aliphatic carbocycles. The molecule has 0 radical (unpaired) electrons. The average molecular weight is 254 g/mol. The molecule has 0 unspecified atom stereocenters. The fraction of sp³-hybridized carbons (Fsp3) is 0.462. The minimum absolute atomic E-state index is 0.224. The Kier molecular flexibility index (Phi) is 5.58. The van der Waals surface area contributed by atoms with Gasteiger partial charge in [0.05, 0.1) is 17.9 Å². The molecule has 5 heteroatoms. The monoisotopic (exact) mass is 254 g/mol. The lowest BCUT2D eigenvalue weighted by molar-refractivity contribution is 0.0710. The molecule has 0 bridgehead atoms. The number of halogens is 1. The first-order chi connectivity index (χ1) is 8.61. The molecule has 4 nitrogen and oxygen atoms in total. The van der Waals surface area contributed by atoms with Crippen LogP contribution < -0.4 is 5.32 Å². The Morgan fingerprint density at radius 3 is 2.83 bits per heavy atom. The van der Waals surface area contributed by atoms with Crippen molar-refractivity contribution in [2.45, 2.75) is 6.92 Å². The van der Waals surface area contributed by atoms with Gasteiger partial charge in [0.15, 0.2) is 0 Å². The van der Waals surface area contributed by atoms with Gasteiger partial charge in [0.2, 0.25) is 0 Å². The number of rotatable bonds is 6. The topological polar surface area (TPSA) is 41.6 Å². The molecule has 18 heavy (non-hydrogen) atoms. The minimum Gasteiger partial charge on any atom is -0.385 e. The Balaban J connectivity index is 2.80. The van der Waals surface area contributed by atoms with Crippen LogP contribution in [0.1, 0.15) is 17.3 Å². The summed E-state index contributed by atoms with van der Waals surface area (Å²) in [6.45, 7) is 3.46. The quantitative estimate of drug-likeness (QED) is 0.789. The molecule has 1 aromatic carbocycles. The van der Waals surface area contributed by atoms with Crippen LogP contribution in [0.2, 0.25) is 0 Å². The molecule has 0 spiro atoms. The van der Waals surface area contributed by atoms with E-state index >= 15 is 0 Å². The van der Waals surface area contributed by atoms with Crippen LogP contribution in [0.5, 0.6) is 0 Å². The van der Waals surface area contributed by atoms with Gasteiger partial charge in [-0.1, -0.05) is 6.07 Å². The molecule has 100 valence electrons. The van der Waals surface area contributed by atoms with Gasteiger partial charge in [-0.05, 0) is 19.1 Å². The number of likely N-dealkylation sites (N-methyl/N-ethyl adjacent to an activating group) is 1. The highest BCUT2D eigenvalue weighted by atomic mass is 19.1. The maximum atomic E-state index is 13.5. The van der Waals surface area contributed by atoms with E-state index in [9.17, 15) is 9.18 Å². The molecule has 0 saturated carbocycles. The Labute approximate surface area is 107 Å². The highest BCUT2D eigenvalue weighted by Gasteiger charge is 2.17.